The van der Waals surface area contributed by atoms with Crippen molar-refractivity contribution in [1.29, 1.82) is 0 Å². The summed E-state index contributed by atoms with van der Waals surface area (Å²) < 4.78 is 9.71. The van der Waals surface area contributed by atoms with Gasteiger partial charge in [0.25, 0.3) is 0 Å². The highest BCUT2D eigenvalue weighted by Gasteiger charge is 2.19. The van der Waals surface area contributed by atoms with Crippen molar-refractivity contribution >= 4 is 12.3 Å². The van der Waals surface area contributed by atoms with E-state index in [0.29, 0.717) is 18.6 Å². The molecular weight excluding hydrogens is 222 g/mol. The van der Waals surface area contributed by atoms with Crippen molar-refractivity contribution in [2.24, 2.45) is 5.92 Å². The van der Waals surface area contributed by atoms with Crippen LogP contribution < -0.4 is 4.74 Å². The normalized spacial score (nSPS) is 11.6. The van der Waals surface area contributed by atoms with Gasteiger partial charge < -0.3 is 14.3 Å². The van der Waals surface area contributed by atoms with E-state index in [9.17, 15) is 9.59 Å². The summed E-state index contributed by atoms with van der Waals surface area (Å²) in [5.41, 5.74) is 0.788. The zero-order valence-corrected chi connectivity index (χ0v) is 9.88. The van der Waals surface area contributed by atoms with Crippen molar-refractivity contribution in [3.63, 3.8) is 0 Å². The van der Waals surface area contributed by atoms with Gasteiger partial charge in [-0.3, -0.25) is 4.79 Å². The third-order valence-corrected chi connectivity index (χ3v) is 2.22. The van der Waals surface area contributed by atoms with Gasteiger partial charge in [0.15, 0.2) is 0 Å². The Kier molecular flexibility index (Phi) is 5.13. The second-order valence-electron chi connectivity index (χ2n) is 3.41. The number of methoxy groups -OCH3 is 1. The molecule has 1 aromatic heterocycles. The lowest BCUT2D eigenvalue weighted by Crippen LogP contribution is -2.21. The standard InChI is InChI=1S/C12H15NO4/c1-3-17-12(15)10(8-14)6-9-4-5-11(16-2)13-7-9/h4-5,7-8,10H,3,6H2,1-2H3. The van der Waals surface area contributed by atoms with E-state index >= 15 is 0 Å². The quantitative estimate of drug-likeness (QED) is 0.419. The van der Waals surface area contributed by atoms with Crippen LogP contribution in [0.2, 0.25) is 0 Å². The molecular formula is C12H15NO4. The number of carbonyl (C=O) groups excluding carboxylic acids is 2. The van der Waals surface area contributed by atoms with Crippen LogP contribution in [0.15, 0.2) is 18.3 Å². The van der Waals surface area contributed by atoms with Crippen molar-refractivity contribution in [3.8, 4) is 5.88 Å². The first-order chi connectivity index (χ1) is 8.21. The predicted octanol–water partition coefficient (Wildman–Crippen LogP) is 1.01. The van der Waals surface area contributed by atoms with Gasteiger partial charge in [-0.2, -0.15) is 0 Å². The lowest BCUT2D eigenvalue weighted by Gasteiger charge is -2.09. The van der Waals surface area contributed by atoms with Gasteiger partial charge in [0.05, 0.1) is 13.7 Å². The number of nitrogens with zero attached hydrogens (tertiary/aromatic N) is 1. The molecule has 1 unspecified atom stereocenters. The monoisotopic (exact) mass is 237 g/mol. The fourth-order valence-electron chi connectivity index (χ4n) is 1.34. The van der Waals surface area contributed by atoms with Crippen molar-refractivity contribution < 1.29 is 19.1 Å². The molecule has 0 bridgehead atoms. The van der Waals surface area contributed by atoms with Gasteiger partial charge >= 0.3 is 5.97 Å². The van der Waals surface area contributed by atoms with Gasteiger partial charge in [0.2, 0.25) is 5.88 Å². The van der Waals surface area contributed by atoms with E-state index in [1.54, 1.807) is 25.3 Å². The minimum Gasteiger partial charge on any atom is -0.481 e. The molecule has 0 saturated carbocycles. The number of pyridine rings is 1. The van der Waals surface area contributed by atoms with Crippen LogP contribution in [0.25, 0.3) is 0 Å². The van der Waals surface area contributed by atoms with E-state index in [1.165, 1.54) is 7.11 Å². The Labute approximate surface area is 99.8 Å². The van der Waals surface area contributed by atoms with E-state index in [2.05, 4.69) is 4.98 Å². The molecule has 0 amide bonds. The highest BCUT2D eigenvalue weighted by molar-refractivity contribution is 5.88. The zero-order chi connectivity index (χ0) is 12.7. The predicted molar refractivity (Wildman–Crippen MR) is 60.7 cm³/mol. The molecule has 0 aliphatic rings. The van der Waals surface area contributed by atoms with Gasteiger partial charge in [0.1, 0.15) is 12.2 Å². The molecule has 92 valence electrons. The Morgan fingerprint density at radius 2 is 2.29 bits per heavy atom. The summed E-state index contributed by atoms with van der Waals surface area (Å²) in [6.07, 6.45) is 2.47. The minimum absolute atomic E-state index is 0.268. The summed E-state index contributed by atoms with van der Waals surface area (Å²) in [7, 11) is 1.52. The average molecular weight is 237 g/mol. The van der Waals surface area contributed by atoms with Crippen LogP contribution >= 0.6 is 0 Å². The SMILES string of the molecule is CCOC(=O)C(C=O)Cc1ccc(OC)nc1. The summed E-state index contributed by atoms with van der Waals surface area (Å²) in [5.74, 6) is -0.781. The highest BCUT2D eigenvalue weighted by atomic mass is 16.5. The van der Waals surface area contributed by atoms with Crippen LogP contribution in [0.4, 0.5) is 0 Å². The summed E-state index contributed by atoms with van der Waals surface area (Å²) in [6.45, 7) is 1.97. The van der Waals surface area contributed by atoms with Crippen molar-refractivity contribution in [2.45, 2.75) is 13.3 Å². The molecule has 0 fully saturated rings. The Morgan fingerprint density at radius 1 is 1.53 bits per heavy atom. The van der Waals surface area contributed by atoms with Gasteiger partial charge in [-0.15, -0.1) is 0 Å². The van der Waals surface area contributed by atoms with E-state index in [0.717, 1.165) is 5.56 Å². The first-order valence-electron chi connectivity index (χ1n) is 5.32. The van der Waals surface area contributed by atoms with Crippen molar-refractivity contribution in [3.05, 3.63) is 23.9 Å². The molecule has 1 atom stereocenters. The summed E-state index contributed by atoms with van der Waals surface area (Å²) in [5, 5.41) is 0. The van der Waals surface area contributed by atoms with Crippen LogP contribution in [0, 0.1) is 5.92 Å². The third-order valence-electron chi connectivity index (χ3n) is 2.22. The second kappa shape index (κ2) is 6.62. The van der Waals surface area contributed by atoms with Crippen molar-refractivity contribution in [1.82, 2.24) is 4.98 Å². The Balaban J connectivity index is 2.66. The molecule has 0 N–H and O–H groups in total. The van der Waals surface area contributed by atoms with Crippen LogP contribution in [0.1, 0.15) is 12.5 Å². The van der Waals surface area contributed by atoms with Gasteiger partial charge in [0, 0.05) is 12.3 Å². The second-order valence-corrected chi connectivity index (χ2v) is 3.41. The Bertz CT molecular complexity index is 375. The first kappa shape index (κ1) is 13.2. The molecule has 0 aliphatic heterocycles. The number of hydrogen-bond acceptors (Lipinski definition) is 5. The van der Waals surface area contributed by atoms with E-state index in [4.69, 9.17) is 9.47 Å². The van der Waals surface area contributed by atoms with Crippen LogP contribution in [0.5, 0.6) is 5.88 Å². The topological polar surface area (TPSA) is 65.5 Å². The van der Waals surface area contributed by atoms with Crippen LogP contribution in [-0.2, 0) is 20.7 Å². The molecule has 0 spiro atoms. The number of carbonyl (C=O) groups is 2. The smallest absolute Gasteiger partial charge is 0.316 e. The molecule has 0 saturated heterocycles. The first-order valence-corrected chi connectivity index (χ1v) is 5.32. The molecule has 1 aromatic rings. The molecule has 0 radical (unpaired) electrons. The number of hydrogen-bond donors (Lipinski definition) is 0. The zero-order valence-electron chi connectivity index (χ0n) is 9.88. The molecule has 0 aromatic carbocycles. The number of aromatic nitrogens is 1. The fraction of sp³-hybridized carbons (Fsp3) is 0.417. The molecule has 1 rings (SSSR count). The molecule has 0 aliphatic carbocycles. The number of esters is 1. The molecule has 5 heteroatoms. The van der Waals surface area contributed by atoms with E-state index in [1.807, 2.05) is 0 Å². The molecule has 5 nitrogen and oxygen atoms in total. The summed E-state index contributed by atoms with van der Waals surface area (Å²) in [4.78, 5) is 26.2. The van der Waals surface area contributed by atoms with Crippen molar-refractivity contribution in [2.75, 3.05) is 13.7 Å². The summed E-state index contributed by atoms with van der Waals surface area (Å²) >= 11 is 0. The minimum atomic E-state index is -0.773. The third kappa shape index (κ3) is 3.86. The Hall–Kier alpha value is -1.91. The van der Waals surface area contributed by atoms with E-state index < -0.39 is 11.9 Å². The highest BCUT2D eigenvalue weighted by Crippen LogP contribution is 2.11. The number of ether oxygens (including phenoxy) is 2. The van der Waals surface area contributed by atoms with Crippen LogP contribution in [-0.4, -0.2) is 31.0 Å². The maximum atomic E-state index is 11.4. The summed E-state index contributed by atoms with van der Waals surface area (Å²) in [6, 6.07) is 3.45. The Morgan fingerprint density at radius 3 is 2.76 bits per heavy atom. The number of aldehydes is 1. The van der Waals surface area contributed by atoms with Gasteiger partial charge in [-0.05, 0) is 18.9 Å². The lowest BCUT2D eigenvalue weighted by molar-refractivity contribution is -0.149. The largest absolute Gasteiger partial charge is 0.481 e. The molecule has 1 heterocycles. The number of rotatable bonds is 6. The molecule has 17 heavy (non-hydrogen) atoms. The average Bonchev–Trinajstić information content (AvgIpc) is 2.37. The maximum absolute atomic E-state index is 11.4. The lowest BCUT2D eigenvalue weighted by atomic mass is 10.0. The maximum Gasteiger partial charge on any atom is 0.316 e. The fourth-order valence-corrected chi connectivity index (χ4v) is 1.34. The van der Waals surface area contributed by atoms with Gasteiger partial charge in [-0.25, -0.2) is 4.98 Å². The van der Waals surface area contributed by atoms with E-state index in [-0.39, 0.29) is 6.61 Å². The van der Waals surface area contributed by atoms with Gasteiger partial charge in [-0.1, -0.05) is 6.07 Å². The van der Waals surface area contributed by atoms with Crippen LogP contribution in [0.3, 0.4) is 0 Å².